The van der Waals surface area contributed by atoms with Crippen LogP contribution in [0.25, 0.3) is 0 Å². The van der Waals surface area contributed by atoms with Crippen LogP contribution in [0.15, 0.2) is 18.2 Å². The molecule has 0 aliphatic carbocycles. The molecule has 0 saturated heterocycles. The van der Waals surface area contributed by atoms with E-state index in [4.69, 9.17) is 5.11 Å². The van der Waals surface area contributed by atoms with Crippen LogP contribution < -0.4 is 5.32 Å². The Morgan fingerprint density at radius 1 is 1.25 bits per heavy atom. The molecule has 0 radical (unpaired) electrons. The molecule has 0 spiro atoms. The fourth-order valence-corrected chi connectivity index (χ4v) is 3.17. The Labute approximate surface area is 126 Å². The SMILES string of the molecule is Cc1cc(C)cc(CSCCC(NC(C)C)C(=O)O)c1. The number of thioether (sulfide) groups is 1. The molecule has 0 bridgehead atoms. The average Bonchev–Trinajstić information content (AvgIpc) is 2.31. The second-order valence-corrected chi connectivity index (χ2v) is 6.65. The molecule has 2 N–H and O–H groups in total. The van der Waals surface area contributed by atoms with Gasteiger partial charge in [-0.05, 0) is 31.6 Å². The molecule has 112 valence electrons. The molecule has 0 heterocycles. The fraction of sp³-hybridized carbons (Fsp3) is 0.562. The van der Waals surface area contributed by atoms with E-state index in [2.05, 4.69) is 37.4 Å². The van der Waals surface area contributed by atoms with E-state index in [0.717, 1.165) is 11.5 Å². The maximum absolute atomic E-state index is 11.1. The van der Waals surface area contributed by atoms with Crippen molar-refractivity contribution in [1.29, 1.82) is 0 Å². The van der Waals surface area contributed by atoms with Crippen molar-refractivity contribution in [2.45, 2.75) is 52.0 Å². The van der Waals surface area contributed by atoms with Crippen LogP contribution in [0, 0.1) is 13.8 Å². The first-order valence-corrected chi connectivity index (χ1v) is 8.17. The van der Waals surface area contributed by atoms with Crippen LogP contribution in [-0.2, 0) is 10.5 Å². The Balaban J connectivity index is 2.38. The monoisotopic (exact) mass is 295 g/mol. The van der Waals surface area contributed by atoms with Crippen molar-refractivity contribution >= 4 is 17.7 Å². The van der Waals surface area contributed by atoms with Crippen LogP contribution >= 0.6 is 11.8 Å². The van der Waals surface area contributed by atoms with Gasteiger partial charge in [0, 0.05) is 11.8 Å². The van der Waals surface area contributed by atoms with Gasteiger partial charge in [-0.3, -0.25) is 4.79 Å². The molecule has 1 unspecified atom stereocenters. The van der Waals surface area contributed by atoms with E-state index >= 15 is 0 Å². The van der Waals surface area contributed by atoms with Crippen molar-refractivity contribution in [2.75, 3.05) is 5.75 Å². The lowest BCUT2D eigenvalue weighted by molar-refractivity contribution is -0.139. The molecule has 4 heteroatoms. The molecule has 0 saturated carbocycles. The van der Waals surface area contributed by atoms with Crippen molar-refractivity contribution in [3.63, 3.8) is 0 Å². The summed E-state index contributed by atoms with van der Waals surface area (Å²) >= 11 is 1.79. The first-order valence-electron chi connectivity index (χ1n) is 7.02. The van der Waals surface area contributed by atoms with E-state index in [1.54, 1.807) is 11.8 Å². The number of carbonyl (C=O) groups is 1. The summed E-state index contributed by atoms with van der Waals surface area (Å²) in [5.41, 5.74) is 3.88. The van der Waals surface area contributed by atoms with Crippen molar-refractivity contribution < 1.29 is 9.90 Å². The average molecular weight is 295 g/mol. The highest BCUT2D eigenvalue weighted by Crippen LogP contribution is 2.17. The summed E-state index contributed by atoms with van der Waals surface area (Å²) in [7, 11) is 0. The van der Waals surface area contributed by atoms with Crippen LogP contribution in [0.1, 0.15) is 37.0 Å². The summed E-state index contributed by atoms with van der Waals surface area (Å²) in [6, 6.07) is 6.31. The molecule has 0 aliphatic rings. The van der Waals surface area contributed by atoms with Crippen LogP contribution in [0.5, 0.6) is 0 Å². The van der Waals surface area contributed by atoms with Gasteiger partial charge in [0.15, 0.2) is 0 Å². The predicted molar refractivity (Wildman–Crippen MR) is 86.4 cm³/mol. The Morgan fingerprint density at radius 2 is 1.85 bits per heavy atom. The third-order valence-electron chi connectivity index (χ3n) is 2.93. The highest BCUT2D eigenvalue weighted by Gasteiger charge is 2.17. The van der Waals surface area contributed by atoms with Gasteiger partial charge in [0.1, 0.15) is 6.04 Å². The highest BCUT2D eigenvalue weighted by atomic mass is 32.2. The van der Waals surface area contributed by atoms with E-state index in [0.29, 0.717) is 6.42 Å². The first kappa shape index (κ1) is 17.1. The third kappa shape index (κ3) is 6.44. The summed E-state index contributed by atoms with van der Waals surface area (Å²) in [4.78, 5) is 11.1. The minimum Gasteiger partial charge on any atom is -0.480 e. The quantitative estimate of drug-likeness (QED) is 0.722. The normalized spacial score (nSPS) is 12.7. The molecular formula is C16H25NO2S. The molecule has 0 amide bonds. The topological polar surface area (TPSA) is 49.3 Å². The summed E-state index contributed by atoms with van der Waals surface area (Å²) in [5.74, 6) is 1.03. The standard InChI is InChI=1S/C16H25NO2S/c1-11(2)17-15(16(18)19)5-6-20-10-14-8-12(3)7-13(4)9-14/h7-9,11,15,17H,5-6,10H2,1-4H3,(H,18,19). The predicted octanol–water partition coefficient (Wildman–Crippen LogP) is 3.38. The zero-order chi connectivity index (χ0) is 15.1. The smallest absolute Gasteiger partial charge is 0.320 e. The molecule has 1 aromatic carbocycles. The van der Waals surface area contributed by atoms with Gasteiger partial charge in [-0.2, -0.15) is 11.8 Å². The van der Waals surface area contributed by atoms with E-state index in [1.807, 2.05) is 13.8 Å². The minimum atomic E-state index is -0.759. The van der Waals surface area contributed by atoms with E-state index in [1.165, 1.54) is 16.7 Å². The summed E-state index contributed by atoms with van der Waals surface area (Å²) in [5, 5.41) is 12.2. The van der Waals surface area contributed by atoms with Gasteiger partial charge in [0.2, 0.25) is 0 Å². The molecule has 1 atom stereocenters. The van der Waals surface area contributed by atoms with Gasteiger partial charge in [-0.25, -0.2) is 0 Å². The Kier molecular flexibility index (Phi) is 7.10. The first-order chi connectivity index (χ1) is 9.38. The molecule has 1 rings (SSSR count). The third-order valence-corrected chi connectivity index (χ3v) is 4.00. The molecule has 3 nitrogen and oxygen atoms in total. The number of carboxylic acid groups (broad SMARTS) is 1. The van der Waals surface area contributed by atoms with Crippen molar-refractivity contribution in [3.8, 4) is 0 Å². The summed E-state index contributed by atoms with van der Waals surface area (Å²) in [6.45, 7) is 8.15. The molecule has 0 aromatic heterocycles. The Bertz CT molecular complexity index is 426. The van der Waals surface area contributed by atoms with Gasteiger partial charge in [-0.15, -0.1) is 0 Å². The van der Waals surface area contributed by atoms with Crippen molar-refractivity contribution in [2.24, 2.45) is 0 Å². The number of carboxylic acids is 1. The number of hydrogen-bond acceptors (Lipinski definition) is 3. The van der Waals surface area contributed by atoms with Crippen LogP contribution in [-0.4, -0.2) is 28.9 Å². The molecule has 0 aliphatic heterocycles. The van der Waals surface area contributed by atoms with Gasteiger partial charge < -0.3 is 10.4 Å². The van der Waals surface area contributed by atoms with Crippen molar-refractivity contribution in [3.05, 3.63) is 34.9 Å². The van der Waals surface area contributed by atoms with Gasteiger partial charge in [0.25, 0.3) is 0 Å². The second kappa shape index (κ2) is 8.32. The zero-order valence-corrected chi connectivity index (χ0v) is 13.6. The minimum absolute atomic E-state index is 0.195. The van der Waals surface area contributed by atoms with Crippen molar-refractivity contribution in [1.82, 2.24) is 5.32 Å². The number of rotatable bonds is 8. The lowest BCUT2D eigenvalue weighted by atomic mass is 10.1. The number of nitrogens with one attached hydrogen (secondary N) is 1. The van der Waals surface area contributed by atoms with E-state index in [9.17, 15) is 4.79 Å². The van der Waals surface area contributed by atoms with Crippen LogP contribution in [0.4, 0.5) is 0 Å². The van der Waals surface area contributed by atoms with E-state index < -0.39 is 12.0 Å². The number of aliphatic carboxylic acids is 1. The zero-order valence-electron chi connectivity index (χ0n) is 12.8. The van der Waals surface area contributed by atoms with Crippen LogP contribution in [0.2, 0.25) is 0 Å². The molecule has 20 heavy (non-hydrogen) atoms. The van der Waals surface area contributed by atoms with E-state index in [-0.39, 0.29) is 6.04 Å². The van der Waals surface area contributed by atoms with Gasteiger partial charge in [0.05, 0.1) is 0 Å². The second-order valence-electron chi connectivity index (χ2n) is 5.55. The highest BCUT2D eigenvalue weighted by molar-refractivity contribution is 7.98. The lowest BCUT2D eigenvalue weighted by Crippen LogP contribution is -2.41. The largest absolute Gasteiger partial charge is 0.480 e. The number of benzene rings is 1. The molecular weight excluding hydrogens is 270 g/mol. The number of aryl methyl sites for hydroxylation is 2. The maximum Gasteiger partial charge on any atom is 0.320 e. The fourth-order valence-electron chi connectivity index (χ4n) is 2.22. The lowest BCUT2D eigenvalue weighted by Gasteiger charge is -2.16. The summed E-state index contributed by atoms with van der Waals surface area (Å²) < 4.78 is 0. The molecule has 0 fully saturated rings. The van der Waals surface area contributed by atoms with Gasteiger partial charge in [-0.1, -0.05) is 43.2 Å². The maximum atomic E-state index is 11.1. The Morgan fingerprint density at radius 3 is 2.35 bits per heavy atom. The van der Waals surface area contributed by atoms with Crippen LogP contribution in [0.3, 0.4) is 0 Å². The molecule has 1 aromatic rings. The van der Waals surface area contributed by atoms with Gasteiger partial charge >= 0.3 is 5.97 Å². The summed E-state index contributed by atoms with van der Waals surface area (Å²) in [6.07, 6.45) is 0.656. The number of hydrogen-bond donors (Lipinski definition) is 2. The Hall–Kier alpha value is -1.00.